The minimum atomic E-state index is -0.0626. The Morgan fingerprint density at radius 2 is 1.96 bits per heavy atom. The van der Waals surface area contributed by atoms with Crippen molar-refractivity contribution in [1.29, 1.82) is 0 Å². The fourth-order valence-corrected chi connectivity index (χ4v) is 3.60. The number of carbonyl (C=O) groups is 1. The normalized spacial score (nSPS) is 12.8. The second kappa shape index (κ2) is 8.12. The molecule has 0 saturated carbocycles. The number of nitrogens with zero attached hydrogens (tertiary/aromatic N) is 4. The number of aryl methyl sites for hydroxylation is 1. The molecule has 1 aromatic carbocycles. The van der Waals surface area contributed by atoms with Crippen LogP contribution in [0.15, 0.2) is 34.2 Å². The first kappa shape index (κ1) is 19.4. The van der Waals surface area contributed by atoms with Gasteiger partial charge in [-0.2, -0.15) is 0 Å². The van der Waals surface area contributed by atoms with Gasteiger partial charge in [-0.1, -0.05) is 44.7 Å². The van der Waals surface area contributed by atoms with Crippen molar-refractivity contribution in [3.63, 3.8) is 0 Å². The van der Waals surface area contributed by atoms with Crippen LogP contribution >= 0.6 is 11.8 Å². The summed E-state index contributed by atoms with van der Waals surface area (Å²) in [6.07, 6.45) is 0.818. The molecule has 0 bridgehead atoms. The number of nitrogens with one attached hydrogen (secondary N) is 1. The van der Waals surface area contributed by atoms with Crippen molar-refractivity contribution in [3.8, 4) is 0 Å². The van der Waals surface area contributed by atoms with Gasteiger partial charge in [-0.05, 0) is 31.4 Å². The number of amides is 1. The van der Waals surface area contributed by atoms with Gasteiger partial charge in [-0.3, -0.25) is 18.6 Å². The van der Waals surface area contributed by atoms with E-state index in [1.807, 2.05) is 42.5 Å². The predicted molar refractivity (Wildman–Crippen MR) is 108 cm³/mol. The van der Waals surface area contributed by atoms with Crippen LogP contribution in [-0.4, -0.2) is 36.9 Å². The molecule has 0 radical (unpaired) electrons. The van der Waals surface area contributed by atoms with Crippen molar-refractivity contribution in [3.05, 3.63) is 34.6 Å². The number of rotatable bonds is 7. The van der Waals surface area contributed by atoms with Crippen molar-refractivity contribution in [2.24, 2.45) is 5.92 Å². The Balaban J connectivity index is 1.98. The Morgan fingerprint density at radius 3 is 2.67 bits per heavy atom. The summed E-state index contributed by atoms with van der Waals surface area (Å²) >= 11 is 1.33. The zero-order chi connectivity index (χ0) is 19.6. The number of hydrogen-bond donors (Lipinski definition) is 1. The smallest absolute Gasteiger partial charge is 0.262 e. The van der Waals surface area contributed by atoms with E-state index >= 15 is 0 Å². The summed E-state index contributed by atoms with van der Waals surface area (Å²) in [7, 11) is 0. The van der Waals surface area contributed by atoms with Gasteiger partial charge in [0.1, 0.15) is 0 Å². The monoisotopic (exact) mass is 387 g/mol. The third-order valence-electron chi connectivity index (χ3n) is 4.65. The number of aromatic nitrogens is 4. The number of hydrogen-bond acceptors (Lipinski definition) is 5. The van der Waals surface area contributed by atoms with Crippen LogP contribution in [0.5, 0.6) is 0 Å². The lowest BCUT2D eigenvalue weighted by Crippen LogP contribution is -2.37. The molecule has 8 heteroatoms. The van der Waals surface area contributed by atoms with Crippen LogP contribution in [0.25, 0.3) is 16.7 Å². The van der Waals surface area contributed by atoms with Crippen LogP contribution in [-0.2, 0) is 11.3 Å². The van der Waals surface area contributed by atoms with E-state index in [4.69, 9.17) is 0 Å². The number of thioether (sulfide) groups is 1. The number of fused-ring (bicyclic) bond motifs is 3. The van der Waals surface area contributed by atoms with Crippen molar-refractivity contribution < 1.29 is 4.79 Å². The first-order chi connectivity index (χ1) is 12.9. The maximum atomic E-state index is 12.8. The Hall–Kier alpha value is -2.35. The van der Waals surface area contributed by atoms with Gasteiger partial charge in [0.05, 0.1) is 16.7 Å². The highest BCUT2D eigenvalue weighted by Crippen LogP contribution is 2.21. The van der Waals surface area contributed by atoms with E-state index in [2.05, 4.69) is 29.4 Å². The Labute approximate surface area is 162 Å². The second-order valence-electron chi connectivity index (χ2n) is 6.98. The van der Waals surface area contributed by atoms with Crippen molar-refractivity contribution >= 4 is 34.3 Å². The molecule has 0 spiro atoms. The molecule has 0 fully saturated rings. The Kier molecular flexibility index (Phi) is 5.84. The van der Waals surface area contributed by atoms with Gasteiger partial charge in [0.2, 0.25) is 11.7 Å². The highest BCUT2D eigenvalue weighted by atomic mass is 32.2. The fraction of sp³-hybridized carbons (Fsp3) is 0.474. The van der Waals surface area contributed by atoms with Crippen LogP contribution in [0, 0.1) is 5.92 Å². The molecule has 0 aliphatic rings. The zero-order valence-corrected chi connectivity index (χ0v) is 16.9. The van der Waals surface area contributed by atoms with Gasteiger partial charge in [0, 0.05) is 12.6 Å². The molecule has 0 aliphatic heterocycles. The standard InChI is InChI=1S/C19H25N5O2S/c1-5-10-23-17(26)14-8-6-7-9-15(14)24-18(23)21-22-19(24)27-11-16(25)20-13(4)12(2)3/h6-9,12-13H,5,10-11H2,1-4H3,(H,20,25)/t13-/m0/s1. The number of carbonyl (C=O) groups excluding carboxylic acids is 1. The van der Waals surface area contributed by atoms with Crippen LogP contribution in [0.4, 0.5) is 0 Å². The van der Waals surface area contributed by atoms with Gasteiger partial charge in [0.25, 0.3) is 5.56 Å². The molecular weight excluding hydrogens is 362 g/mol. The van der Waals surface area contributed by atoms with Crippen LogP contribution in [0.1, 0.15) is 34.1 Å². The average molecular weight is 388 g/mol. The maximum absolute atomic E-state index is 12.8. The molecule has 2 aromatic heterocycles. The summed E-state index contributed by atoms with van der Waals surface area (Å²) in [6, 6.07) is 7.55. The summed E-state index contributed by atoms with van der Waals surface area (Å²) in [6.45, 7) is 8.73. The number of para-hydroxylation sites is 1. The van der Waals surface area contributed by atoms with Crippen molar-refractivity contribution in [2.75, 3.05) is 5.75 Å². The molecule has 1 atom stereocenters. The topological polar surface area (TPSA) is 81.3 Å². The molecule has 27 heavy (non-hydrogen) atoms. The molecular formula is C19H25N5O2S. The molecule has 0 unspecified atom stereocenters. The number of benzene rings is 1. The van der Waals surface area contributed by atoms with Gasteiger partial charge >= 0.3 is 0 Å². The van der Waals surface area contributed by atoms with E-state index in [0.717, 1.165) is 11.9 Å². The quantitative estimate of drug-likeness (QED) is 0.631. The first-order valence-electron chi connectivity index (χ1n) is 9.22. The first-order valence-corrected chi connectivity index (χ1v) is 10.2. The van der Waals surface area contributed by atoms with Crippen LogP contribution in [0.3, 0.4) is 0 Å². The third kappa shape index (κ3) is 3.85. The Bertz CT molecular complexity index is 1020. The zero-order valence-electron chi connectivity index (χ0n) is 16.1. The minimum Gasteiger partial charge on any atom is -0.353 e. The largest absolute Gasteiger partial charge is 0.353 e. The summed E-state index contributed by atoms with van der Waals surface area (Å²) in [5.74, 6) is 1.10. The molecule has 3 rings (SSSR count). The minimum absolute atomic E-state index is 0.0378. The lowest BCUT2D eigenvalue weighted by Gasteiger charge is -2.17. The highest BCUT2D eigenvalue weighted by molar-refractivity contribution is 7.99. The van der Waals surface area contributed by atoms with E-state index < -0.39 is 0 Å². The van der Waals surface area contributed by atoms with E-state index in [1.54, 1.807) is 4.57 Å². The molecule has 2 heterocycles. The van der Waals surface area contributed by atoms with Crippen molar-refractivity contribution in [2.45, 2.75) is 51.9 Å². The summed E-state index contributed by atoms with van der Waals surface area (Å²) in [4.78, 5) is 25.0. The van der Waals surface area contributed by atoms with E-state index in [1.165, 1.54) is 11.8 Å². The SMILES string of the molecule is CCCn1c(=O)c2ccccc2n2c(SCC(=O)N[C@@H](C)C(C)C)nnc12. The average Bonchev–Trinajstić information content (AvgIpc) is 3.07. The maximum Gasteiger partial charge on any atom is 0.262 e. The van der Waals surface area contributed by atoms with Gasteiger partial charge in [-0.25, -0.2) is 0 Å². The van der Waals surface area contributed by atoms with Gasteiger partial charge < -0.3 is 5.32 Å². The molecule has 3 aromatic rings. The van der Waals surface area contributed by atoms with Crippen LogP contribution < -0.4 is 10.9 Å². The molecule has 144 valence electrons. The van der Waals surface area contributed by atoms with Gasteiger partial charge in [-0.15, -0.1) is 10.2 Å². The predicted octanol–water partition coefficient (Wildman–Crippen LogP) is 2.71. The fourth-order valence-electron chi connectivity index (χ4n) is 2.84. The van der Waals surface area contributed by atoms with E-state index in [-0.39, 0.29) is 23.3 Å². The van der Waals surface area contributed by atoms with Gasteiger partial charge in [0.15, 0.2) is 5.16 Å². The molecule has 1 amide bonds. The third-order valence-corrected chi connectivity index (χ3v) is 5.58. The lowest BCUT2D eigenvalue weighted by molar-refractivity contribution is -0.119. The van der Waals surface area contributed by atoms with Crippen molar-refractivity contribution in [1.82, 2.24) is 24.5 Å². The molecule has 0 aliphatic carbocycles. The summed E-state index contributed by atoms with van der Waals surface area (Å²) in [5, 5.41) is 12.7. The van der Waals surface area contributed by atoms with E-state index in [0.29, 0.717) is 28.8 Å². The highest BCUT2D eigenvalue weighted by Gasteiger charge is 2.18. The van der Waals surface area contributed by atoms with Crippen LogP contribution in [0.2, 0.25) is 0 Å². The second-order valence-corrected chi connectivity index (χ2v) is 7.92. The summed E-state index contributed by atoms with van der Waals surface area (Å²) in [5.41, 5.74) is 0.695. The molecule has 1 N–H and O–H groups in total. The van der Waals surface area contributed by atoms with E-state index in [9.17, 15) is 9.59 Å². The molecule has 7 nitrogen and oxygen atoms in total. The summed E-state index contributed by atoms with van der Waals surface area (Å²) < 4.78 is 3.52. The molecule has 0 saturated heterocycles. The lowest BCUT2D eigenvalue weighted by atomic mass is 10.1. The Morgan fingerprint density at radius 1 is 1.22 bits per heavy atom.